The fourth-order valence-corrected chi connectivity index (χ4v) is 2.02. The van der Waals surface area contributed by atoms with Crippen molar-refractivity contribution in [1.82, 2.24) is 4.90 Å². The van der Waals surface area contributed by atoms with Gasteiger partial charge in [0.2, 0.25) is 0 Å². The highest BCUT2D eigenvalue weighted by Gasteiger charge is 2.35. The van der Waals surface area contributed by atoms with Gasteiger partial charge in [-0.25, -0.2) is 4.79 Å². The van der Waals surface area contributed by atoms with Crippen molar-refractivity contribution in [3.63, 3.8) is 0 Å². The van der Waals surface area contributed by atoms with Gasteiger partial charge in [0.05, 0.1) is 0 Å². The van der Waals surface area contributed by atoms with E-state index in [4.69, 9.17) is 5.11 Å². The van der Waals surface area contributed by atoms with Crippen molar-refractivity contribution >= 4 is 17.7 Å². The Bertz CT molecular complexity index is 497. The van der Waals surface area contributed by atoms with E-state index in [9.17, 15) is 9.59 Å². The van der Waals surface area contributed by atoms with Crippen molar-refractivity contribution in [2.24, 2.45) is 0 Å². The second kappa shape index (κ2) is 5.30. The minimum atomic E-state index is -0.974. The Hall–Kier alpha value is -2.04. The van der Waals surface area contributed by atoms with E-state index < -0.39 is 5.97 Å². The van der Waals surface area contributed by atoms with E-state index in [2.05, 4.69) is 0 Å². The standard InChI is InChI=1S/C14H18N2O3/c1-10-4-3-5-12(8-10)15(2)14(19)16(9-13(17)18)11-6-7-11/h3-5,8,11H,6-7,9H2,1-2H3,(H,17,18). The molecule has 0 atom stereocenters. The van der Waals surface area contributed by atoms with Crippen LogP contribution in [0.15, 0.2) is 24.3 Å². The lowest BCUT2D eigenvalue weighted by molar-refractivity contribution is -0.137. The Morgan fingerprint density at radius 3 is 2.58 bits per heavy atom. The SMILES string of the molecule is Cc1cccc(N(C)C(=O)N(CC(=O)O)C2CC2)c1. The van der Waals surface area contributed by atoms with E-state index in [-0.39, 0.29) is 18.6 Å². The van der Waals surface area contributed by atoms with Crippen LogP contribution in [0.25, 0.3) is 0 Å². The van der Waals surface area contributed by atoms with Crippen molar-refractivity contribution in [3.05, 3.63) is 29.8 Å². The van der Waals surface area contributed by atoms with Crippen LogP contribution in [-0.2, 0) is 4.79 Å². The van der Waals surface area contributed by atoms with Gasteiger partial charge in [-0.2, -0.15) is 0 Å². The van der Waals surface area contributed by atoms with E-state index >= 15 is 0 Å². The van der Waals surface area contributed by atoms with Crippen molar-refractivity contribution in [1.29, 1.82) is 0 Å². The van der Waals surface area contributed by atoms with Gasteiger partial charge in [0, 0.05) is 18.8 Å². The van der Waals surface area contributed by atoms with Crippen molar-refractivity contribution < 1.29 is 14.7 Å². The summed E-state index contributed by atoms with van der Waals surface area (Å²) in [6.07, 6.45) is 1.78. The molecule has 5 nitrogen and oxygen atoms in total. The first-order chi connectivity index (χ1) is 8.99. The number of nitrogens with zero attached hydrogens (tertiary/aromatic N) is 2. The first-order valence-corrected chi connectivity index (χ1v) is 6.32. The maximum atomic E-state index is 12.4. The summed E-state index contributed by atoms with van der Waals surface area (Å²) in [5.41, 5.74) is 1.84. The molecule has 1 aromatic carbocycles. The summed E-state index contributed by atoms with van der Waals surface area (Å²) in [5.74, 6) is -0.974. The number of anilines is 1. The lowest BCUT2D eigenvalue weighted by atomic mass is 10.2. The van der Waals surface area contributed by atoms with Crippen molar-refractivity contribution in [2.45, 2.75) is 25.8 Å². The van der Waals surface area contributed by atoms with Crippen molar-refractivity contribution in [2.75, 3.05) is 18.5 Å². The molecular formula is C14H18N2O3. The molecule has 0 unspecified atom stereocenters. The molecule has 0 aliphatic heterocycles. The number of aliphatic carboxylic acids is 1. The highest BCUT2D eigenvalue weighted by Crippen LogP contribution is 2.28. The normalized spacial score (nSPS) is 14.0. The topological polar surface area (TPSA) is 60.9 Å². The van der Waals surface area contributed by atoms with Crippen LogP contribution < -0.4 is 4.90 Å². The lowest BCUT2D eigenvalue weighted by Crippen LogP contribution is -2.45. The van der Waals surface area contributed by atoms with Crippen LogP contribution in [0, 0.1) is 6.92 Å². The number of amides is 2. The fraction of sp³-hybridized carbons (Fsp3) is 0.429. The lowest BCUT2D eigenvalue weighted by Gasteiger charge is -2.27. The maximum absolute atomic E-state index is 12.4. The third-order valence-corrected chi connectivity index (χ3v) is 3.21. The average molecular weight is 262 g/mol. The molecule has 1 aliphatic rings. The van der Waals surface area contributed by atoms with Crippen LogP contribution in [0.1, 0.15) is 18.4 Å². The van der Waals surface area contributed by atoms with Gasteiger partial charge in [0.25, 0.3) is 0 Å². The molecule has 5 heteroatoms. The third-order valence-electron chi connectivity index (χ3n) is 3.21. The van der Waals surface area contributed by atoms with E-state index in [1.807, 2.05) is 31.2 Å². The number of hydrogen-bond donors (Lipinski definition) is 1. The van der Waals surface area contributed by atoms with Gasteiger partial charge in [-0.05, 0) is 37.5 Å². The number of carboxylic acid groups (broad SMARTS) is 1. The third kappa shape index (κ3) is 3.24. The van der Waals surface area contributed by atoms with E-state index in [1.54, 1.807) is 7.05 Å². The Morgan fingerprint density at radius 2 is 2.05 bits per heavy atom. The number of rotatable bonds is 4. The largest absolute Gasteiger partial charge is 0.480 e. The zero-order valence-corrected chi connectivity index (χ0v) is 11.2. The second-order valence-corrected chi connectivity index (χ2v) is 4.93. The average Bonchev–Trinajstić information content (AvgIpc) is 3.18. The van der Waals surface area contributed by atoms with E-state index in [0.717, 1.165) is 24.1 Å². The number of urea groups is 1. The van der Waals surface area contributed by atoms with Gasteiger partial charge in [-0.3, -0.25) is 9.69 Å². The van der Waals surface area contributed by atoms with Gasteiger partial charge in [0.15, 0.2) is 0 Å². The first kappa shape index (κ1) is 13.4. The molecule has 1 aromatic rings. The smallest absolute Gasteiger partial charge is 0.324 e. The molecule has 0 saturated heterocycles. The monoisotopic (exact) mass is 262 g/mol. The molecular weight excluding hydrogens is 244 g/mol. The quantitative estimate of drug-likeness (QED) is 0.904. The molecule has 1 saturated carbocycles. The van der Waals surface area contributed by atoms with Crippen molar-refractivity contribution in [3.8, 4) is 0 Å². The summed E-state index contributed by atoms with van der Waals surface area (Å²) in [5, 5.41) is 8.89. The molecule has 0 radical (unpaired) electrons. The molecule has 2 rings (SSSR count). The van der Waals surface area contributed by atoms with Gasteiger partial charge in [0.1, 0.15) is 6.54 Å². The molecule has 2 amide bonds. The number of benzene rings is 1. The zero-order chi connectivity index (χ0) is 14.0. The Labute approximate surface area is 112 Å². The number of aryl methyl sites for hydroxylation is 1. The number of carboxylic acids is 1. The Kier molecular flexibility index (Phi) is 3.74. The Balaban J connectivity index is 2.14. The molecule has 1 fully saturated rings. The van der Waals surface area contributed by atoms with E-state index in [1.165, 1.54) is 9.80 Å². The molecule has 0 aromatic heterocycles. The molecule has 0 bridgehead atoms. The summed E-state index contributed by atoms with van der Waals surface area (Å²) in [4.78, 5) is 26.2. The summed E-state index contributed by atoms with van der Waals surface area (Å²) in [6, 6.07) is 7.41. The highest BCUT2D eigenvalue weighted by molar-refractivity contribution is 5.93. The van der Waals surface area contributed by atoms with Crippen LogP contribution in [0.5, 0.6) is 0 Å². The van der Waals surface area contributed by atoms with Gasteiger partial charge in [-0.1, -0.05) is 12.1 Å². The minimum absolute atomic E-state index is 0.0795. The predicted octanol–water partition coefficient (Wildman–Crippen LogP) is 2.10. The van der Waals surface area contributed by atoms with Crippen LogP contribution in [-0.4, -0.2) is 41.6 Å². The number of carbonyl (C=O) groups excluding carboxylic acids is 1. The molecule has 0 spiro atoms. The first-order valence-electron chi connectivity index (χ1n) is 6.32. The highest BCUT2D eigenvalue weighted by atomic mass is 16.4. The molecule has 0 heterocycles. The minimum Gasteiger partial charge on any atom is -0.480 e. The maximum Gasteiger partial charge on any atom is 0.324 e. The second-order valence-electron chi connectivity index (χ2n) is 4.93. The molecule has 1 aliphatic carbocycles. The number of carbonyl (C=O) groups is 2. The molecule has 102 valence electrons. The fourth-order valence-electron chi connectivity index (χ4n) is 2.02. The van der Waals surface area contributed by atoms with Crippen LogP contribution in [0.2, 0.25) is 0 Å². The molecule has 19 heavy (non-hydrogen) atoms. The van der Waals surface area contributed by atoms with E-state index in [0.29, 0.717) is 0 Å². The van der Waals surface area contributed by atoms with Crippen LogP contribution in [0.3, 0.4) is 0 Å². The van der Waals surface area contributed by atoms with Gasteiger partial charge in [-0.15, -0.1) is 0 Å². The van der Waals surface area contributed by atoms with Gasteiger partial charge >= 0.3 is 12.0 Å². The van der Waals surface area contributed by atoms with Crippen LogP contribution in [0.4, 0.5) is 10.5 Å². The summed E-state index contributed by atoms with van der Waals surface area (Å²) in [6.45, 7) is 1.72. The summed E-state index contributed by atoms with van der Waals surface area (Å²) < 4.78 is 0. The predicted molar refractivity (Wildman–Crippen MR) is 72.3 cm³/mol. The Morgan fingerprint density at radius 1 is 1.37 bits per heavy atom. The van der Waals surface area contributed by atoms with Crippen LogP contribution >= 0.6 is 0 Å². The summed E-state index contributed by atoms with van der Waals surface area (Å²) >= 11 is 0. The van der Waals surface area contributed by atoms with Gasteiger partial charge < -0.3 is 10.0 Å². The summed E-state index contributed by atoms with van der Waals surface area (Å²) in [7, 11) is 1.67. The number of hydrogen-bond acceptors (Lipinski definition) is 2. The zero-order valence-electron chi connectivity index (χ0n) is 11.2. The molecule has 1 N–H and O–H groups in total.